The number of hydrogen-bond donors (Lipinski definition) is 0. The van der Waals surface area contributed by atoms with E-state index in [1.807, 2.05) is 55.1 Å². The molecule has 26 heavy (non-hydrogen) atoms. The lowest BCUT2D eigenvalue weighted by Gasteiger charge is -2.37. The maximum Gasteiger partial charge on any atom is 0.258 e. The molecule has 0 bridgehead atoms. The molecule has 5 heteroatoms. The second kappa shape index (κ2) is 8.13. The van der Waals surface area contributed by atoms with Gasteiger partial charge in [-0.2, -0.15) is 0 Å². The molecule has 0 aliphatic carbocycles. The fourth-order valence-electron chi connectivity index (χ4n) is 3.39. The lowest BCUT2D eigenvalue weighted by atomic mass is 10.1. The van der Waals surface area contributed by atoms with E-state index >= 15 is 0 Å². The summed E-state index contributed by atoms with van der Waals surface area (Å²) in [6.07, 6.45) is 0. The van der Waals surface area contributed by atoms with Gasteiger partial charge in [-0.15, -0.1) is 0 Å². The highest BCUT2D eigenvalue weighted by Crippen LogP contribution is 2.30. The highest BCUT2D eigenvalue weighted by Gasteiger charge is 2.26. The van der Waals surface area contributed by atoms with Crippen molar-refractivity contribution in [2.75, 3.05) is 44.8 Å². The van der Waals surface area contributed by atoms with Crippen LogP contribution in [0.25, 0.3) is 0 Å². The first-order chi connectivity index (χ1) is 12.7. The molecular formula is C21H26N2O3. The molecule has 1 saturated heterocycles. The number of methoxy groups -OCH3 is 1. The third-order valence-corrected chi connectivity index (χ3v) is 4.74. The molecule has 0 spiro atoms. The molecule has 0 radical (unpaired) electrons. The number of piperazine rings is 1. The van der Waals surface area contributed by atoms with Crippen LogP contribution in [0.5, 0.6) is 11.5 Å². The minimum absolute atomic E-state index is 0.0395. The van der Waals surface area contributed by atoms with Crippen LogP contribution >= 0.6 is 0 Å². The summed E-state index contributed by atoms with van der Waals surface area (Å²) in [5, 5.41) is 0. The van der Waals surface area contributed by atoms with Gasteiger partial charge in [-0.3, -0.25) is 4.79 Å². The van der Waals surface area contributed by atoms with Crippen LogP contribution in [0.2, 0.25) is 0 Å². The van der Waals surface area contributed by atoms with Crippen LogP contribution in [0.15, 0.2) is 42.5 Å². The molecule has 5 nitrogen and oxygen atoms in total. The summed E-state index contributed by atoms with van der Waals surface area (Å²) in [6, 6.07) is 13.8. The van der Waals surface area contributed by atoms with E-state index in [4.69, 9.17) is 9.47 Å². The minimum atomic E-state index is 0.0395. The van der Waals surface area contributed by atoms with Crippen LogP contribution in [-0.2, 0) is 0 Å². The number of carbonyl (C=O) groups excluding carboxylic acids is 1. The highest BCUT2D eigenvalue weighted by molar-refractivity contribution is 5.98. The molecule has 1 amide bonds. The Morgan fingerprint density at radius 3 is 2.38 bits per heavy atom. The molecule has 0 atom stereocenters. The molecule has 1 fully saturated rings. The number of nitrogens with zero attached hydrogens (tertiary/aromatic N) is 2. The molecule has 3 rings (SSSR count). The molecule has 1 aliphatic heterocycles. The Labute approximate surface area is 155 Å². The largest absolute Gasteiger partial charge is 0.496 e. The molecule has 138 valence electrons. The average molecular weight is 354 g/mol. The number of anilines is 1. The van der Waals surface area contributed by atoms with Crippen molar-refractivity contribution in [1.29, 1.82) is 0 Å². The summed E-state index contributed by atoms with van der Waals surface area (Å²) in [5.74, 6) is 1.58. The van der Waals surface area contributed by atoms with E-state index in [9.17, 15) is 4.79 Å². The molecule has 1 aliphatic rings. The smallest absolute Gasteiger partial charge is 0.258 e. The Morgan fingerprint density at radius 2 is 1.69 bits per heavy atom. The van der Waals surface area contributed by atoms with Gasteiger partial charge in [0.25, 0.3) is 5.91 Å². The molecule has 1 heterocycles. The van der Waals surface area contributed by atoms with Crippen LogP contribution in [0.1, 0.15) is 22.8 Å². The molecule has 2 aromatic carbocycles. The number of hydrogen-bond acceptors (Lipinski definition) is 4. The maximum atomic E-state index is 13.0. The standard InChI is InChI=1S/C21H26N2O3/c1-4-26-18-10-6-5-9-17(18)22-12-14-23(15-13-22)21(24)20-16(2)8-7-11-19(20)25-3/h5-11H,4,12-15H2,1-3H3. The van der Waals surface area contributed by atoms with Crippen molar-refractivity contribution in [3.63, 3.8) is 0 Å². The Balaban J connectivity index is 1.72. The van der Waals surface area contributed by atoms with Crippen molar-refractivity contribution in [3.05, 3.63) is 53.6 Å². The van der Waals surface area contributed by atoms with Gasteiger partial charge in [-0.25, -0.2) is 0 Å². The number of aryl methyl sites for hydroxylation is 1. The zero-order chi connectivity index (χ0) is 18.5. The van der Waals surface area contributed by atoms with Crippen molar-refractivity contribution in [2.45, 2.75) is 13.8 Å². The van der Waals surface area contributed by atoms with E-state index in [1.165, 1.54) is 0 Å². The molecule has 0 unspecified atom stereocenters. The summed E-state index contributed by atoms with van der Waals surface area (Å²) < 4.78 is 11.1. The quantitative estimate of drug-likeness (QED) is 0.826. The Hall–Kier alpha value is -2.69. The van der Waals surface area contributed by atoms with Gasteiger partial charge in [-0.05, 0) is 37.6 Å². The molecule has 2 aromatic rings. The van der Waals surface area contributed by atoms with Crippen molar-refractivity contribution in [1.82, 2.24) is 4.90 Å². The number of para-hydroxylation sites is 2. The summed E-state index contributed by atoms with van der Waals surface area (Å²) >= 11 is 0. The van der Waals surface area contributed by atoms with E-state index in [-0.39, 0.29) is 5.91 Å². The van der Waals surface area contributed by atoms with Gasteiger partial charge in [0.2, 0.25) is 0 Å². The molecule has 0 N–H and O–H groups in total. The number of amides is 1. The van der Waals surface area contributed by atoms with E-state index in [0.717, 1.165) is 30.1 Å². The minimum Gasteiger partial charge on any atom is -0.496 e. The lowest BCUT2D eigenvalue weighted by Crippen LogP contribution is -2.49. The number of carbonyl (C=O) groups is 1. The molecule has 0 aromatic heterocycles. The topological polar surface area (TPSA) is 42.0 Å². The fourth-order valence-corrected chi connectivity index (χ4v) is 3.39. The van der Waals surface area contributed by atoms with Crippen molar-refractivity contribution in [2.24, 2.45) is 0 Å². The Morgan fingerprint density at radius 1 is 1.00 bits per heavy atom. The first-order valence-electron chi connectivity index (χ1n) is 9.05. The van der Waals surface area contributed by atoms with Gasteiger partial charge in [0.15, 0.2) is 0 Å². The second-order valence-corrected chi connectivity index (χ2v) is 6.33. The van der Waals surface area contributed by atoms with Crippen molar-refractivity contribution >= 4 is 11.6 Å². The second-order valence-electron chi connectivity index (χ2n) is 6.33. The number of ether oxygens (including phenoxy) is 2. The predicted octanol–water partition coefficient (Wildman–Crippen LogP) is 3.36. The van der Waals surface area contributed by atoms with E-state index in [1.54, 1.807) is 7.11 Å². The van der Waals surface area contributed by atoms with Crippen LogP contribution in [0.4, 0.5) is 5.69 Å². The SMILES string of the molecule is CCOc1ccccc1N1CCN(C(=O)c2c(C)cccc2OC)CC1. The Bertz CT molecular complexity index is 768. The zero-order valence-electron chi connectivity index (χ0n) is 15.7. The summed E-state index contributed by atoms with van der Waals surface area (Å²) in [4.78, 5) is 17.2. The summed E-state index contributed by atoms with van der Waals surface area (Å²) in [5.41, 5.74) is 2.70. The highest BCUT2D eigenvalue weighted by atomic mass is 16.5. The van der Waals surface area contributed by atoms with Gasteiger partial charge < -0.3 is 19.3 Å². The molecular weight excluding hydrogens is 328 g/mol. The Kier molecular flexibility index (Phi) is 5.66. The zero-order valence-corrected chi connectivity index (χ0v) is 15.7. The van der Waals surface area contributed by atoms with Crippen LogP contribution < -0.4 is 14.4 Å². The fraction of sp³-hybridized carbons (Fsp3) is 0.381. The first-order valence-corrected chi connectivity index (χ1v) is 9.05. The predicted molar refractivity (Wildman–Crippen MR) is 103 cm³/mol. The molecule has 0 saturated carbocycles. The monoisotopic (exact) mass is 354 g/mol. The third-order valence-electron chi connectivity index (χ3n) is 4.74. The van der Waals surface area contributed by atoms with Gasteiger partial charge in [0.1, 0.15) is 11.5 Å². The number of rotatable bonds is 5. The van der Waals surface area contributed by atoms with Gasteiger partial charge in [-0.1, -0.05) is 24.3 Å². The summed E-state index contributed by atoms with van der Waals surface area (Å²) in [7, 11) is 1.61. The maximum absolute atomic E-state index is 13.0. The van der Waals surface area contributed by atoms with Gasteiger partial charge in [0, 0.05) is 26.2 Å². The van der Waals surface area contributed by atoms with Crippen molar-refractivity contribution in [3.8, 4) is 11.5 Å². The lowest BCUT2D eigenvalue weighted by molar-refractivity contribution is 0.0742. The van der Waals surface area contributed by atoms with Gasteiger partial charge >= 0.3 is 0 Å². The average Bonchev–Trinajstić information content (AvgIpc) is 2.68. The van der Waals surface area contributed by atoms with Crippen LogP contribution in [0.3, 0.4) is 0 Å². The summed E-state index contributed by atoms with van der Waals surface area (Å²) in [6.45, 7) is 7.50. The normalized spacial score (nSPS) is 14.3. The van der Waals surface area contributed by atoms with E-state index in [0.29, 0.717) is 31.0 Å². The van der Waals surface area contributed by atoms with Gasteiger partial charge in [0.05, 0.1) is 25.0 Å². The first kappa shape index (κ1) is 18.1. The van der Waals surface area contributed by atoms with E-state index < -0.39 is 0 Å². The third kappa shape index (κ3) is 3.62. The number of benzene rings is 2. The van der Waals surface area contributed by atoms with Crippen LogP contribution in [0, 0.1) is 6.92 Å². The van der Waals surface area contributed by atoms with Crippen LogP contribution in [-0.4, -0.2) is 50.7 Å². The van der Waals surface area contributed by atoms with Crippen molar-refractivity contribution < 1.29 is 14.3 Å². The van der Waals surface area contributed by atoms with E-state index in [2.05, 4.69) is 11.0 Å².